The van der Waals surface area contributed by atoms with Crippen LogP contribution in [0.2, 0.25) is 10.0 Å². The van der Waals surface area contributed by atoms with E-state index >= 15 is 0 Å². The summed E-state index contributed by atoms with van der Waals surface area (Å²) in [6.45, 7) is 2.24. The third-order valence-electron chi connectivity index (χ3n) is 4.99. The van der Waals surface area contributed by atoms with Gasteiger partial charge in [0, 0.05) is 5.69 Å². The SMILES string of the molecule is Cc1ccccc1NC(=O)NN=Cc1cc(Cl)c(OCc2ccc3ccccc3c2)c(Cl)c1. The van der Waals surface area contributed by atoms with Crippen molar-refractivity contribution in [3.63, 3.8) is 0 Å². The number of benzene rings is 4. The van der Waals surface area contributed by atoms with Crippen LogP contribution in [0.1, 0.15) is 16.7 Å². The summed E-state index contributed by atoms with van der Waals surface area (Å²) in [5.41, 5.74) is 5.72. The number of hydrogen-bond acceptors (Lipinski definition) is 3. The van der Waals surface area contributed by atoms with Crippen LogP contribution in [0.25, 0.3) is 10.8 Å². The lowest BCUT2D eigenvalue weighted by Gasteiger charge is -2.11. The zero-order valence-electron chi connectivity index (χ0n) is 17.8. The van der Waals surface area contributed by atoms with Gasteiger partial charge in [-0.25, -0.2) is 10.2 Å². The van der Waals surface area contributed by atoms with Crippen molar-refractivity contribution in [3.05, 3.63) is 106 Å². The Labute approximate surface area is 202 Å². The topological polar surface area (TPSA) is 62.7 Å². The van der Waals surface area contributed by atoms with Gasteiger partial charge in [0.2, 0.25) is 0 Å². The van der Waals surface area contributed by atoms with Crippen molar-refractivity contribution < 1.29 is 9.53 Å². The number of hydrazone groups is 1. The second-order valence-electron chi connectivity index (χ2n) is 7.42. The van der Waals surface area contributed by atoms with Gasteiger partial charge in [-0.3, -0.25) is 0 Å². The quantitative estimate of drug-likeness (QED) is 0.228. The van der Waals surface area contributed by atoms with Crippen LogP contribution in [0.15, 0.2) is 84.0 Å². The number of fused-ring (bicyclic) bond motifs is 1. The maximum Gasteiger partial charge on any atom is 0.339 e. The third kappa shape index (κ3) is 5.83. The molecule has 4 aromatic carbocycles. The number of carbonyl (C=O) groups is 1. The van der Waals surface area contributed by atoms with Crippen molar-refractivity contribution in [2.75, 3.05) is 5.32 Å². The van der Waals surface area contributed by atoms with E-state index in [1.54, 1.807) is 12.1 Å². The lowest BCUT2D eigenvalue weighted by molar-refractivity contribution is 0.252. The Hall–Kier alpha value is -3.54. The summed E-state index contributed by atoms with van der Waals surface area (Å²) < 4.78 is 5.89. The zero-order valence-corrected chi connectivity index (χ0v) is 19.3. The smallest absolute Gasteiger partial charge is 0.339 e. The van der Waals surface area contributed by atoms with Crippen molar-refractivity contribution in [1.82, 2.24) is 5.43 Å². The largest absolute Gasteiger partial charge is 0.486 e. The molecular formula is C26H21Cl2N3O2. The van der Waals surface area contributed by atoms with Crippen molar-refractivity contribution in [3.8, 4) is 5.75 Å². The molecule has 0 radical (unpaired) electrons. The average molecular weight is 478 g/mol. The van der Waals surface area contributed by atoms with E-state index in [1.807, 2.05) is 49.4 Å². The normalized spacial score (nSPS) is 11.0. The number of anilines is 1. The first-order chi connectivity index (χ1) is 16.0. The summed E-state index contributed by atoms with van der Waals surface area (Å²) in [4.78, 5) is 12.0. The number of urea groups is 1. The molecule has 5 nitrogen and oxygen atoms in total. The first-order valence-electron chi connectivity index (χ1n) is 10.2. The Morgan fingerprint density at radius 2 is 1.64 bits per heavy atom. The molecule has 2 amide bonds. The van der Waals surface area contributed by atoms with E-state index < -0.39 is 6.03 Å². The molecule has 4 rings (SSSR count). The number of ether oxygens (including phenoxy) is 1. The van der Waals surface area contributed by atoms with Crippen molar-refractivity contribution in [2.45, 2.75) is 13.5 Å². The molecule has 0 aliphatic rings. The maximum absolute atomic E-state index is 12.0. The van der Waals surface area contributed by atoms with E-state index in [4.69, 9.17) is 27.9 Å². The molecule has 0 unspecified atom stereocenters. The van der Waals surface area contributed by atoms with E-state index in [0.717, 1.165) is 16.5 Å². The Balaban J connectivity index is 1.38. The van der Waals surface area contributed by atoms with Gasteiger partial charge >= 0.3 is 6.03 Å². The van der Waals surface area contributed by atoms with Gasteiger partial charge in [-0.15, -0.1) is 0 Å². The summed E-state index contributed by atoms with van der Waals surface area (Å²) in [5.74, 6) is 0.397. The molecule has 0 atom stereocenters. The van der Waals surface area contributed by atoms with Gasteiger partial charge in [-0.05, 0) is 58.7 Å². The number of aryl methyl sites for hydroxylation is 1. The second kappa shape index (κ2) is 10.4. The molecule has 166 valence electrons. The minimum atomic E-state index is -0.451. The summed E-state index contributed by atoms with van der Waals surface area (Å²) in [5, 5.41) is 9.71. The predicted octanol–water partition coefficient (Wildman–Crippen LogP) is 7.19. The Kier molecular flexibility index (Phi) is 7.13. The standard InChI is InChI=1S/C26H21Cl2N3O2/c1-17-6-2-5-9-24(17)30-26(32)31-29-15-19-13-22(27)25(23(28)14-19)33-16-18-10-11-20-7-3-4-8-21(20)12-18/h2-15H,16H2,1H3,(H2,30,31,32). The zero-order chi connectivity index (χ0) is 23.2. The average Bonchev–Trinajstić information content (AvgIpc) is 2.80. The fourth-order valence-electron chi connectivity index (χ4n) is 3.30. The van der Waals surface area contributed by atoms with Crippen LogP contribution in [0.4, 0.5) is 10.5 Å². The summed E-state index contributed by atoms with van der Waals surface area (Å²) >= 11 is 12.8. The fraction of sp³-hybridized carbons (Fsp3) is 0.0769. The van der Waals surface area contributed by atoms with Crippen LogP contribution >= 0.6 is 23.2 Å². The molecule has 0 bridgehead atoms. The molecule has 0 saturated heterocycles. The number of halogens is 2. The number of carbonyl (C=O) groups excluding carboxylic acids is 1. The minimum Gasteiger partial charge on any atom is -0.486 e. The molecule has 33 heavy (non-hydrogen) atoms. The molecule has 0 fully saturated rings. The molecule has 0 aromatic heterocycles. The van der Waals surface area contributed by atoms with Gasteiger partial charge in [0.25, 0.3) is 0 Å². The predicted molar refractivity (Wildman–Crippen MR) is 136 cm³/mol. The summed E-state index contributed by atoms with van der Waals surface area (Å²) in [7, 11) is 0. The van der Waals surface area contributed by atoms with Crippen LogP contribution in [-0.2, 0) is 6.61 Å². The lowest BCUT2D eigenvalue weighted by Crippen LogP contribution is -2.24. The molecule has 0 spiro atoms. The highest BCUT2D eigenvalue weighted by Crippen LogP contribution is 2.34. The van der Waals surface area contributed by atoms with E-state index in [9.17, 15) is 4.79 Å². The molecule has 0 heterocycles. The van der Waals surface area contributed by atoms with Crippen molar-refractivity contribution in [2.24, 2.45) is 5.10 Å². The number of amides is 2. The van der Waals surface area contributed by atoms with E-state index in [1.165, 1.54) is 11.6 Å². The number of para-hydroxylation sites is 1. The van der Waals surface area contributed by atoms with Crippen molar-refractivity contribution >= 4 is 51.9 Å². The van der Waals surface area contributed by atoms with E-state index in [-0.39, 0.29) is 0 Å². The lowest BCUT2D eigenvalue weighted by atomic mass is 10.1. The maximum atomic E-state index is 12.0. The van der Waals surface area contributed by atoms with Crippen LogP contribution < -0.4 is 15.5 Å². The van der Waals surface area contributed by atoms with Gasteiger partial charge in [0.15, 0.2) is 5.75 Å². The van der Waals surface area contributed by atoms with Gasteiger partial charge < -0.3 is 10.1 Å². The second-order valence-corrected chi connectivity index (χ2v) is 8.24. The third-order valence-corrected chi connectivity index (χ3v) is 5.55. The van der Waals surface area contributed by atoms with Crippen molar-refractivity contribution in [1.29, 1.82) is 0 Å². The van der Waals surface area contributed by atoms with E-state index in [0.29, 0.717) is 33.7 Å². The molecule has 0 saturated carbocycles. The first-order valence-corrected chi connectivity index (χ1v) is 11.0. The Morgan fingerprint density at radius 3 is 2.39 bits per heavy atom. The Bertz CT molecular complexity index is 1320. The number of nitrogens with one attached hydrogen (secondary N) is 2. The van der Waals surface area contributed by atoms with Crippen LogP contribution in [0.5, 0.6) is 5.75 Å². The minimum absolute atomic E-state index is 0.332. The van der Waals surface area contributed by atoms with Crippen LogP contribution in [-0.4, -0.2) is 12.2 Å². The van der Waals surface area contributed by atoms with Crippen LogP contribution in [0, 0.1) is 6.92 Å². The number of nitrogens with zero attached hydrogens (tertiary/aromatic N) is 1. The Morgan fingerprint density at radius 1 is 0.939 bits per heavy atom. The highest BCUT2D eigenvalue weighted by Gasteiger charge is 2.10. The number of hydrogen-bond donors (Lipinski definition) is 2. The van der Waals surface area contributed by atoms with E-state index in [2.05, 4.69) is 40.1 Å². The molecular weight excluding hydrogens is 457 g/mol. The highest BCUT2D eigenvalue weighted by molar-refractivity contribution is 6.37. The molecule has 2 N–H and O–H groups in total. The van der Waals surface area contributed by atoms with Gasteiger partial charge in [0.05, 0.1) is 16.3 Å². The molecule has 4 aromatic rings. The molecule has 7 heteroatoms. The van der Waals surface area contributed by atoms with Gasteiger partial charge in [-0.2, -0.15) is 5.10 Å². The summed E-state index contributed by atoms with van der Waals surface area (Å²) in [6, 6.07) is 24.6. The van der Waals surface area contributed by atoms with Crippen LogP contribution in [0.3, 0.4) is 0 Å². The molecule has 0 aliphatic carbocycles. The van der Waals surface area contributed by atoms with Gasteiger partial charge in [-0.1, -0.05) is 77.8 Å². The highest BCUT2D eigenvalue weighted by atomic mass is 35.5. The van der Waals surface area contributed by atoms with Gasteiger partial charge in [0.1, 0.15) is 6.61 Å². The number of rotatable bonds is 6. The monoisotopic (exact) mass is 477 g/mol. The summed E-state index contributed by atoms with van der Waals surface area (Å²) in [6.07, 6.45) is 1.46. The fourth-order valence-corrected chi connectivity index (χ4v) is 3.92. The first kappa shape index (κ1) is 22.6. The molecule has 0 aliphatic heterocycles.